The number of aryl methyl sites for hydroxylation is 2. The van der Waals surface area contributed by atoms with Crippen LogP contribution in [0, 0.1) is 13.8 Å². The van der Waals surface area contributed by atoms with Crippen LogP contribution in [0.25, 0.3) is 0 Å². The first-order valence-corrected chi connectivity index (χ1v) is 14.6. The average molecular weight is 536 g/mol. The maximum Gasteiger partial charge on any atom is 0.244 e. The highest BCUT2D eigenvalue weighted by molar-refractivity contribution is 7.92. The number of rotatable bonds is 12. The molecule has 3 aromatic carbocycles. The zero-order chi connectivity index (χ0) is 27.7. The van der Waals surface area contributed by atoms with E-state index in [0.29, 0.717) is 18.7 Å². The Kier molecular flexibility index (Phi) is 10.1. The Morgan fingerprint density at radius 1 is 0.842 bits per heavy atom. The summed E-state index contributed by atoms with van der Waals surface area (Å²) in [7, 11) is -3.77. The molecule has 0 aliphatic carbocycles. The molecule has 0 heterocycles. The first-order valence-electron chi connectivity index (χ1n) is 12.8. The third-order valence-electron chi connectivity index (χ3n) is 6.29. The Morgan fingerprint density at radius 3 is 1.97 bits per heavy atom. The summed E-state index contributed by atoms with van der Waals surface area (Å²) in [6.07, 6.45) is 2.14. The number of carbonyl (C=O) groups is 2. The third kappa shape index (κ3) is 8.18. The number of nitrogens with zero attached hydrogens (tertiary/aromatic N) is 2. The molecule has 3 aromatic rings. The highest BCUT2D eigenvalue weighted by atomic mass is 32.2. The molecule has 2 amide bonds. The zero-order valence-electron chi connectivity index (χ0n) is 22.6. The lowest BCUT2D eigenvalue weighted by molar-refractivity contribution is -0.140. The van der Waals surface area contributed by atoms with E-state index in [1.165, 1.54) is 4.90 Å². The number of sulfonamides is 1. The van der Waals surface area contributed by atoms with Gasteiger partial charge in [-0.25, -0.2) is 8.42 Å². The van der Waals surface area contributed by atoms with Gasteiger partial charge < -0.3 is 10.2 Å². The van der Waals surface area contributed by atoms with E-state index in [1.54, 1.807) is 24.3 Å². The average Bonchev–Trinajstić information content (AvgIpc) is 2.89. The molecule has 0 bridgehead atoms. The van der Waals surface area contributed by atoms with Crippen LogP contribution in [0.15, 0.2) is 78.9 Å². The smallest absolute Gasteiger partial charge is 0.244 e. The van der Waals surface area contributed by atoms with Crippen molar-refractivity contribution in [2.24, 2.45) is 0 Å². The summed E-state index contributed by atoms with van der Waals surface area (Å²) in [6.45, 7) is 6.09. The molecule has 0 aromatic heterocycles. The summed E-state index contributed by atoms with van der Waals surface area (Å²) in [5, 5.41) is 2.94. The molecule has 3 rings (SSSR count). The molecule has 7 nitrogen and oxygen atoms in total. The van der Waals surface area contributed by atoms with E-state index in [-0.39, 0.29) is 12.5 Å². The van der Waals surface area contributed by atoms with E-state index in [2.05, 4.69) is 5.32 Å². The second-order valence-electron chi connectivity index (χ2n) is 9.61. The van der Waals surface area contributed by atoms with Gasteiger partial charge in [0.25, 0.3) is 0 Å². The van der Waals surface area contributed by atoms with Gasteiger partial charge in [-0.1, -0.05) is 84.8 Å². The summed E-state index contributed by atoms with van der Waals surface area (Å²) in [6, 6.07) is 23.4. The van der Waals surface area contributed by atoms with Crippen LogP contribution in [-0.2, 0) is 32.6 Å². The fourth-order valence-corrected chi connectivity index (χ4v) is 4.98. The molecule has 202 valence electrons. The van der Waals surface area contributed by atoms with E-state index >= 15 is 0 Å². The van der Waals surface area contributed by atoms with Gasteiger partial charge in [-0.15, -0.1) is 0 Å². The van der Waals surface area contributed by atoms with Gasteiger partial charge in [0.1, 0.15) is 12.6 Å². The molecule has 38 heavy (non-hydrogen) atoms. The van der Waals surface area contributed by atoms with E-state index in [9.17, 15) is 18.0 Å². The number of anilines is 1. The van der Waals surface area contributed by atoms with Gasteiger partial charge in [-0.05, 0) is 43.5 Å². The van der Waals surface area contributed by atoms with Crippen LogP contribution < -0.4 is 9.62 Å². The Labute approximate surface area is 226 Å². The summed E-state index contributed by atoms with van der Waals surface area (Å²) >= 11 is 0. The topological polar surface area (TPSA) is 86.8 Å². The highest BCUT2D eigenvalue weighted by Gasteiger charge is 2.32. The van der Waals surface area contributed by atoms with Crippen LogP contribution in [0.5, 0.6) is 0 Å². The number of carbonyl (C=O) groups excluding carboxylic acids is 2. The minimum atomic E-state index is -3.77. The molecule has 0 aliphatic rings. The van der Waals surface area contributed by atoms with E-state index in [1.807, 2.05) is 75.4 Å². The van der Waals surface area contributed by atoms with Gasteiger partial charge in [0.2, 0.25) is 21.8 Å². The van der Waals surface area contributed by atoms with Crippen molar-refractivity contribution in [3.8, 4) is 0 Å². The van der Waals surface area contributed by atoms with Crippen LogP contribution in [0.4, 0.5) is 5.69 Å². The lowest BCUT2D eigenvalue weighted by Gasteiger charge is -2.33. The Morgan fingerprint density at radius 2 is 1.42 bits per heavy atom. The van der Waals surface area contributed by atoms with Gasteiger partial charge >= 0.3 is 0 Å². The Bertz CT molecular complexity index is 1310. The van der Waals surface area contributed by atoms with Crippen molar-refractivity contribution in [3.63, 3.8) is 0 Å². The lowest BCUT2D eigenvalue weighted by Crippen LogP contribution is -2.53. The monoisotopic (exact) mass is 535 g/mol. The van der Waals surface area contributed by atoms with Gasteiger partial charge in [-0.3, -0.25) is 13.9 Å². The molecule has 1 atom stereocenters. The molecule has 0 saturated heterocycles. The van der Waals surface area contributed by atoms with E-state index in [0.717, 1.165) is 39.2 Å². The minimum Gasteiger partial charge on any atom is -0.354 e. The van der Waals surface area contributed by atoms with Crippen molar-refractivity contribution in [2.45, 2.75) is 46.2 Å². The fourth-order valence-electron chi connectivity index (χ4n) is 4.13. The number of amides is 2. The van der Waals surface area contributed by atoms with Crippen molar-refractivity contribution in [3.05, 3.63) is 101 Å². The van der Waals surface area contributed by atoms with Crippen LogP contribution in [0.2, 0.25) is 0 Å². The maximum absolute atomic E-state index is 14.0. The van der Waals surface area contributed by atoms with E-state index in [4.69, 9.17) is 0 Å². The summed E-state index contributed by atoms with van der Waals surface area (Å²) in [5.74, 6) is -0.721. The van der Waals surface area contributed by atoms with Crippen LogP contribution in [-0.4, -0.2) is 50.5 Å². The van der Waals surface area contributed by atoms with Gasteiger partial charge in [-0.2, -0.15) is 0 Å². The van der Waals surface area contributed by atoms with Crippen molar-refractivity contribution < 1.29 is 18.0 Å². The molecule has 0 aliphatic heterocycles. The van der Waals surface area contributed by atoms with Crippen LogP contribution >= 0.6 is 0 Å². The summed E-state index contributed by atoms with van der Waals surface area (Å²) in [4.78, 5) is 28.9. The van der Waals surface area contributed by atoms with Crippen molar-refractivity contribution in [1.29, 1.82) is 0 Å². The molecular weight excluding hydrogens is 498 g/mol. The van der Waals surface area contributed by atoms with E-state index < -0.39 is 28.5 Å². The molecule has 1 N–H and O–H groups in total. The van der Waals surface area contributed by atoms with Gasteiger partial charge in [0, 0.05) is 19.5 Å². The largest absolute Gasteiger partial charge is 0.354 e. The second-order valence-corrected chi connectivity index (χ2v) is 11.5. The molecular formula is C30H37N3O4S. The van der Waals surface area contributed by atoms with Crippen molar-refractivity contribution in [1.82, 2.24) is 10.2 Å². The van der Waals surface area contributed by atoms with Crippen LogP contribution in [0.1, 0.15) is 35.6 Å². The Hall–Kier alpha value is -3.65. The van der Waals surface area contributed by atoms with Gasteiger partial charge in [0.15, 0.2) is 0 Å². The molecule has 0 radical (unpaired) electrons. The van der Waals surface area contributed by atoms with Crippen LogP contribution in [0.3, 0.4) is 0 Å². The molecule has 0 fully saturated rings. The molecule has 8 heteroatoms. The number of hydrogen-bond donors (Lipinski definition) is 1. The number of benzene rings is 3. The third-order valence-corrected chi connectivity index (χ3v) is 7.44. The molecule has 0 unspecified atom stereocenters. The highest BCUT2D eigenvalue weighted by Crippen LogP contribution is 2.21. The fraction of sp³-hybridized carbons (Fsp3) is 0.333. The normalized spacial score (nSPS) is 12.0. The second kappa shape index (κ2) is 13.2. The first-order chi connectivity index (χ1) is 18.1. The van der Waals surface area contributed by atoms with Crippen molar-refractivity contribution >= 4 is 27.5 Å². The quantitative estimate of drug-likeness (QED) is 0.376. The number of nitrogens with one attached hydrogen (secondary N) is 1. The van der Waals surface area contributed by atoms with Gasteiger partial charge in [0.05, 0.1) is 11.9 Å². The summed E-state index contributed by atoms with van der Waals surface area (Å²) in [5.41, 5.74) is 4.22. The molecule has 0 saturated carbocycles. The zero-order valence-corrected chi connectivity index (χ0v) is 23.4. The minimum absolute atomic E-state index is 0.168. The molecule has 0 spiro atoms. The first kappa shape index (κ1) is 28.9. The Balaban J connectivity index is 2.02. The summed E-state index contributed by atoms with van der Waals surface area (Å²) < 4.78 is 26.7. The maximum atomic E-state index is 14.0. The number of hydrogen-bond acceptors (Lipinski definition) is 4. The van der Waals surface area contributed by atoms with Crippen molar-refractivity contribution in [2.75, 3.05) is 23.7 Å². The predicted octanol–water partition coefficient (Wildman–Crippen LogP) is 4.24. The lowest BCUT2D eigenvalue weighted by atomic mass is 10.0. The SMILES string of the molecule is CCCNC(=O)[C@H](Cc1ccccc1)N(Cc1ccc(C)cc1)C(=O)CN(c1ccc(C)cc1)S(C)(=O)=O. The standard InChI is InChI=1S/C30H37N3O4S/c1-5-19-31-30(35)28(20-25-9-7-6-8-10-25)32(21-26-15-11-23(2)12-16-26)29(34)22-33(38(4,36)37)27-17-13-24(3)14-18-27/h6-18,28H,5,19-22H2,1-4H3,(H,31,35)/t28-/m0/s1. The predicted molar refractivity (Wildman–Crippen MR) is 152 cm³/mol.